The fourth-order valence-electron chi connectivity index (χ4n) is 5.33. The number of allylic oxidation sites excluding steroid dienone is 2. The normalized spacial score (nSPS) is 19.2. The average molecular weight is 486 g/mol. The lowest BCUT2D eigenvalue weighted by Crippen LogP contribution is -2.33. The van der Waals surface area contributed by atoms with Gasteiger partial charge >= 0.3 is 0 Å². The molecule has 0 amide bonds. The number of hydrogen-bond acceptors (Lipinski definition) is 5. The van der Waals surface area contributed by atoms with Gasteiger partial charge in [0, 0.05) is 34.3 Å². The number of ether oxygens (including phenoxy) is 2. The lowest BCUT2D eigenvalue weighted by molar-refractivity contribution is -0.116. The molecule has 2 atom stereocenters. The Morgan fingerprint density at radius 1 is 1.00 bits per heavy atom. The van der Waals surface area contributed by atoms with Crippen molar-refractivity contribution in [1.82, 2.24) is 9.55 Å². The van der Waals surface area contributed by atoms with Crippen LogP contribution in [0.2, 0.25) is 5.02 Å². The number of carbonyl (C=O) groups is 1. The standard InChI is InChI=1S/C28H24ClN3O3/c1-34-19-11-12-20(25(15-19)35-2)27-26-22(31-28-30-21-5-3-4-6-23(21)32(27)28)13-17(14-24(26)33)16-7-9-18(29)10-8-16/h3-12,15,17,27H,13-14H2,1-2H3,(H,30,31)/t17-,27+/m1/s1. The molecular weight excluding hydrogens is 462 g/mol. The van der Waals surface area contributed by atoms with Crippen LogP contribution >= 0.6 is 11.6 Å². The predicted molar refractivity (Wildman–Crippen MR) is 137 cm³/mol. The zero-order valence-electron chi connectivity index (χ0n) is 19.4. The van der Waals surface area contributed by atoms with E-state index in [0.717, 1.165) is 39.4 Å². The molecule has 0 radical (unpaired) electrons. The van der Waals surface area contributed by atoms with Crippen LogP contribution in [-0.4, -0.2) is 29.6 Å². The van der Waals surface area contributed by atoms with Crippen molar-refractivity contribution in [1.29, 1.82) is 0 Å². The molecule has 0 fully saturated rings. The summed E-state index contributed by atoms with van der Waals surface area (Å²) in [6.07, 6.45) is 1.14. The van der Waals surface area contributed by atoms with Crippen LogP contribution in [0.1, 0.15) is 35.9 Å². The number of ketones is 1. The Labute approximate surface area is 208 Å². The number of carbonyl (C=O) groups excluding carboxylic acids is 1. The number of aromatic nitrogens is 2. The molecule has 1 aromatic heterocycles. The second-order valence-electron chi connectivity index (χ2n) is 8.90. The smallest absolute Gasteiger partial charge is 0.209 e. The number of fused-ring (bicyclic) bond motifs is 3. The van der Waals surface area contributed by atoms with Gasteiger partial charge in [0.25, 0.3) is 0 Å². The van der Waals surface area contributed by atoms with E-state index in [1.807, 2.05) is 66.7 Å². The maximum atomic E-state index is 13.8. The second-order valence-corrected chi connectivity index (χ2v) is 9.34. The first-order valence-electron chi connectivity index (χ1n) is 11.5. The molecule has 0 saturated heterocycles. The van der Waals surface area contributed by atoms with E-state index in [-0.39, 0.29) is 17.7 Å². The van der Waals surface area contributed by atoms with E-state index in [9.17, 15) is 4.79 Å². The first kappa shape index (κ1) is 21.7. The van der Waals surface area contributed by atoms with Crippen molar-refractivity contribution >= 4 is 34.4 Å². The second kappa shape index (κ2) is 8.47. The third-order valence-electron chi connectivity index (χ3n) is 6.97. The molecule has 1 aliphatic heterocycles. The Balaban J connectivity index is 1.54. The number of para-hydroxylation sites is 2. The Morgan fingerprint density at radius 3 is 2.57 bits per heavy atom. The van der Waals surface area contributed by atoms with Gasteiger partial charge in [-0.15, -0.1) is 0 Å². The highest BCUT2D eigenvalue weighted by molar-refractivity contribution is 6.30. The van der Waals surface area contributed by atoms with E-state index < -0.39 is 0 Å². The van der Waals surface area contributed by atoms with Gasteiger partial charge in [0.2, 0.25) is 5.95 Å². The van der Waals surface area contributed by atoms with E-state index >= 15 is 0 Å². The van der Waals surface area contributed by atoms with Crippen molar-refractivity contribution in [3.05, 3.63) is 94.1 Å². The van der Waals surface area contributed by atoms with E-state index in [1.165, 1.54) is 0 Å². The first-order chi connectivity index (χ1) is 17.1. The minimum absolute atomic E-state index is 0.0698. The van der Waals surface area contributed by atoms with Crippen LogP contribution in [-0.2, 0) is 4.79 Å². The molecule has 0 spiro atoms. The van der Waals surface area contributed by atoms with Gasteiger partial charge in [0.15, 0.2) is 5.78 Å². The molecule has 2 heterocycles. The molecule has 0 saturated carbocycles. The number of imidazole rings is 1. The SMILES string of the molecule is COc1ccc([C@H]2C3=C(C[C@@H](c4ccc(Cl)cc4)CC3=O)Nc3nc4ccccc4n32)c(OC)c1. The average Bonchev–Trinajstić information content (AvgIpc) is 3.25. The molecule has 176 valence electrons. The largest absolute Gasteiger partial charge is 0.497 e. The van der Waals surface area contributed by atoms with Crippen LogP contribution in [0.15, 0.2) is 78.0 Å². The molecule has 7 heteroatoms. The molecule has 6 rings (SSSR count). The first-order valence-corrected chi connectivity index (χ1v) is 11.9. The number of halogens is 1. The summed E-state index contributed by atoms with van der Waals surface area (Å²) in [6, 6.07) is 21.1. The molecule has 4 aromatic rings. The molecular formula is C28H24ClN3O3. The summed E-state index contributed by atoms with van der Waals surface area (Å²) < 4.78 is 13.3. The molecule has 0 unspecified atom stereocenters. The van der Waals surface area contributed by atoms with Crippen molar-refractivity contribution in [2.24, 2.45) is 0 Å². The maximum absolute atomic E-state index is 13.8. The molecule has 2 aliphatic rings. The number of methoxy groups -OCH3 is 2. The van der Waals surface area contributed by atoms with Gasteiger partial charge in [-0.25, -0.2) is 4.98 Å². The number of benzene rings is 3. The Bertz CT molecular complexity index is 1490. The van der Waals surface area contributed by atoms with Crippen molar-refractivity contribution in [3.8, 4) is 11.5 Å². The number of anilines is 1. The molecule has 6 nitrogen and oxygen atoms in total. The van der Waals surface area contributed by atoms with E-state index in [4.69, 9.17) is 26.1 Å². The van der Waals surface area contributed by atoms with Crippen LogP contribution < -0.4 is 14.8 Å². The van der Waals surface area contributed by atoms with Gasteiger partial charge in [-0.1, -0.05) is 35.9 Å². The van der Waals surface area contributed by atoms with Crippen LogP contribution in [0.5, 0.6) is 11.5 Å². The minimum Gasteiger partial charge on any atom is -0.497 e. The van der Waals surface area contributed by atoms with Crippen LogP contribution in [0.3, 0.4) is 0 Å². The van der Waals surface area contributed by atoms with Gasteiger partial charge < -0.3 is 14.8 Å². The van der Waals surface area contributed by atoms with E-state index in [1.54, 1.807) is 14.2 Å². The highest BCUT2D eigenvalue weighted by Gasteiger charge is 2.40. The van der Waals surface area contributed by atoms with Gasteiger partial charge in [0.05, 0.1) is 31.3 Å². The molecule has 35 heavy (non-hydrogen) atoms. The lowest BCUT2D eigenvalue weighted by Gasteiger charge is -2.36. The van der Waals surface area contributed by atoms with Gasteiger partial charge in [-0.3, -0.25) is 9.36 Å². The Hall–Kier alpha value is -3.77. The van der Waals surface area contributed by atoms with Crippen LogP contribution in [0, 0.1) is 0 Å². The Kier molecular flexibility index (Phi) is 5.26. The van der Waals surface area contributed by atoms with Gasteiger partial charge in [0.1, 0.15) is 11.5 Å². The summed E-state index contributed by atoms with van der Waals surface area (Å²) in [5.41, 5.74) is 5.49. The zero-order valence-corrected chi connectivity index (χ0v) is 20.2. The Morgan fingerprint density at radius 2 is 1.80 bits per heavy atom. The highest BCUT2D eigenvalue weighted by Crippen LogP contribution is 2.48. The summed E-state index contributed by atoms with van der Waals surface area (Å²) in [5.74, 6) is 2.27. The van der Waals surface area contributed by atoms with Gasteiger partial charge in [-0.2, -0.15) is 0 Å². The number of rotatable bonds is 4. The van der Waals surface area contributed by atoms with E-state index in [0.29, 0.717) is 29.4 Å². The quantitative estimate of drug-likeness (QED) is 0.377. The van der Waals surface area contributed by atoms with E-state index in [2.05, 4.69) is 9.88 Å². The number of hydrogen-bond donors (Lipinski definition) is 1. The zero-order chi connectivity index (χ0) is 24.1. The minimum atomic E-state index is -0.367. The summed E-state index contributed by atoms with van der Waals surface area (Å²) in [5, 5.41) is 4.20. The summed E-state index contributed by atoms with van der Waals surface area (Å²) in [6.45, 7) is 0. The number of Topliss-reactive ketones (excluding diaryl/α,β-unsaturated/α-hetero) is 1. The van der Waals surface area contributed by atoms with Crippen LogP contribution in [0.25, 0.3) is 11.0 Å². The topological polar surface area (TPSA) is 65.4 Å². The fraction of sp³-hybridized carbons (Fsp3) is 0.214. The number of nitrogens with zero attached hydrogens (tertiary/aromatic N) is 2. The van der Waals surface area contributed by atoms with Crippen molar-refractivity contribution < 1.29 is 14.3 Å². The monoisotopic (exact) mass is 485 g/mol. The number of nitrogens with one attached hydrogen (secondary N) is 1. The predicted octanol–water partition coefficient (Wildman–Crippen LogP) is 6.12. The van der Waals surface area contributed by atoms with Crippen molar-refractivity contribution in [3.63, 3.8) is 0 Å². The van der Waals surface area contributed by atoms with Crippen LogP contribution in [0.4, 0.5) is 5.95 Å². The highest BCUT2D eigenvalue weighted by atomic mass is 35.5. The fourth-order valence-corrected chi connectivity index (χ4v) is 5.46. The van der Waals surface area contributed by atoms with Crippen molar-refractivity contribution in [2.75, 3.05) is 19.5 Å². The van der Waals surface area contributed by atoms with Gasteiger partial charge in [-0.05, 0) is 54.3 Å². The molecule has 0 bridgehead atoms. The maximum Gasteiger partial charge on any atom is 0.209 e. The third-order valence-corrected chi connectivity index (χ3v) is 7.23. The molecule has 1 aliphatic carbocycles. The summed E-state index contributed by atoms with van der Waals surface area (Å²) in [7, 11) is 3.27. The van der Waals surface area contributed by atoms with Crippen molar-refractivity contribution in [2.45, 2.75) is 24.8 Å². The lowest BCUT2D eigenvalue weighted by atomic mass is 9.77. The summed E-state index contributed by atoms with van der Waals surface area (Å²) in [4.78, 5) is 18.7. The molecule has 3 aromatic carbocycles. The third kappa shape index (κ3) is 3.56. The summed E-state index contributed by atoms with van der Waals surface area (Å²) >= 11 is 6.10. The molecule has 1 N–H and O–H groups in total.